The molecule has 0 spiro atoms. The van der Waals surface area contributed by atoms with Crippen molar-refractivity contribution in [3.8, 4) is 11.4 Å². The van der Waals surface area contributed by atoms with Crippen molar-refractivity contribution < 1.29 is 19.7 Å². The Morgan fingerprint density at radius 2 is 2.07 bits per heavy atom. The van der Waals surface area contributed by atoms with E-state index in [9.17, 15) is 19.8 Å². The first-order chi connectivity index (χ1) is 14.5. The van der Waals surface area contributed by atoms with Crippen LogP contribution < -0.4 is 5.56 Å². The summed E-state index contributed by atoms with van der Waals surface area (Å²) in [6, 6.07) is 11.2. The van der Waals surface area contributed by atoms with Crippen molar-refractivity contribution in [2.75, 3.05) is 6.61 Å². The molecule has 0 bridgehead atoms. The Balaban J connectivity index is 1.82. The number of fused-ring (bicyclic) bond motifs is 5. The maximum absolute atomic E-state index is 13.5. The van der Waals surface area contributed by atoms with Gasteiger partial charge in [-0.2, -0.15) is 0 Å². The van der Waals surface area contributed by atoms with Gasteiger partial charge >= 0.3 is 5.97 Å². The zero-order valence-electron chi connectivity index (χ0n) is 16.6. The van der Waals surface area contributed by atoms with Crippen molar-refractivity contribution in [1.82, 2.24) is 9.55 Å². The van der Waals surface area contributed by atoms with Gasteiger partial charge in [0.2, 0.25) is 0 Å². The number of benzene rings is 1. The number of hydrogen-bond acceptors (Lipinski definition) is 6. The number of rotatable bonds is 4. The zero-order chi connectivity index (χ0) is 21.0. The van der Waals surface area contributed by atoms with E-state index in [1.165, 1.54) is 0 Å². The van der Waals surface area contributed by atoms with Crippen molar-refractivity contribution in [1.29, 1.82) is 0 Å². The van der Waals surface area contributed by atoms with Crippen LogP contribution in [0.4, 0.5) is 0 Å². The minimum atomic E-state index is -1.84. The van der Waals surface area contributed by atoms with E-state index < -0.39 is 11.6 Å². The van der Waals surface area contributed by atoms with Gasteiger partial charge in [-0.3, -0.25) is 9.36 Å². The number of aromatic nitrogens is 2. The van der Waals surface area contributed by atoms with E-state index in [0.29, 0.717) is 35.4 Å². The van der Waals surface area contributed by atoms with Crippen LogP contribution in [0.5, 0.6) is 0 Å². The highest BCUT2D eigenvalue weighted by Gasteiger charge is 2.46. The van der Waals surface area contributed by atoms with Crippen LogP contribution in [0.25, 0.3) is 22.3 Å². The Labute approximate surface area is 172 Å². The Hall–Kier alpha value is -3.03. The van der Waals surface area contributed by atoms with Gasteiger partial charge in [-0.15, -0.1) is 0 Å². The van der Waals surface area contributed by atoms with Crippen molar-refractivity contribution in [2.45, 2.75) is 44.4 Å². The Bertz CT molecular complexity index is 1250. The van der Waals surface area contributed by atoms with Crippen LogP contribution in [0.1, 0.15) is 48.9 Å². The van der Waals surface area contributed by atoms with E-state index in [1.54, 1.807) is 17.6 Å². The predicted octanol–water partition coefficient (Wildman–Crippen LogP) is 2.39. The van der Waals surface area contributed by atoms with Gasteiger partial charge in [0.05, 0.1) is 28.5 Å². The number of hydrogen-bond donors (Lipinski definition) is 2. The number of carbonyl (C=O) groups is 1. The third-order valence-electron chi connectivity index (χ3n) is 6.29. The number of nitrogens with zero attached hydrogens (tertiary/aromatic N) is 2. The summed E-state index contributed by atoms with van der Waals surface area (Å²) >= 11 is 0. The average molecular weight is 406 g/mol. The zero-order valence-corrected chi connectivity index (χ0v) is 16.6. The molecule has 0 saturated carbocycles. The van der Waals surface area contributed by atoms with Gasteiger partial charge in [0.1, 0.15) is 6.61 Å². The monoisotopic (exact) mass is 406 g/mol. The molecule has 0 fully saturated rings. The second-order valence-electron chi connectivity index (χ2n) is 7.89. The molecule has 2 N–H and O–H groups in total. The first kappa shape index (κ1) is 19.0. The SMILES string of the molecule is CC[C@@]1(O)C(=O)OCc2c1cc1n(c2=O)C(CCCO)c2cc3ccccc3nc2-1. The van der Waals surface area contributed by atoms with E-state index >= 15 is 0 Å². The predicted molar refractivity (Wildman–Crippen MR) is 110 cm³/mol. The molecule has 0 radical (unpaired) electrons. The van der Waals surface area contributed by atoms with Crippen LogP contribution in [-0.4, -0.2) is 32.3 Å². The van der Waals surface area contributed by atoms with Gasteiger partial charge in [0.15, 0.2) is 5.60 Å². The molecule has 0 aliphatic carbocycles. The Morgan fingerprint density at radius 3 is 2.83 bits per heavy atom. The summed E-state index contributed by atoms with van der Waals surface area (Å²) in [7, 11) is 0. The van der Waals surface area contributed by atoms with E-state index in [4.69, 9.17) is 9.72 Å². The van der Waals surface area contributed by atoms with Crippen molar-refractivity contribution in [3.05, 3.63) is 63.4 Å². The van der Waals surface area contributed by atoms with Crippen LogP contribution in [0.3, 0.4) is 0 Å². The number of para-hydroxylation sites is 1. The van der Waals surface area contributed by atoms with Crippen molar-refractivity contribution in [2.24, 2.45) is 0 Å². The van der Waals surface area contributed by atoms with Gasteiger partial charge in [0.25, 0.3) is 5.56 Å². The highest BCUT2D eigenvalue weighted by molar-refractivity contribution is 5.86. The molecule has 2 atom stereocenters. The Morgan fingerprint density at radius 1 is 1.27 bits per heavy atom. The normalized spacial score (nSPS) is 21.8. The van der Waals surface area contributed by atoms with E-state index in [-0.39, 0.29) is 31.2 Å². The maximum atomic E-state index is 13.5. The van der Waals surface area contributed by atoms with Crippen LogP contribution in [0.2, 0.25) is 0 Å². The lowest BCUT2D eigenvalue weighted by Crippen LogP contribution is -2.44. The second kappa shape index (κ2) is 6.75. The van der Waals surface area contributed by atoms with Crippen molar-refractivity contribution in [3.63, 3.8) is 0 Å². The van der Waals surface area contributed by atoms with E-state index in [0.717, 1.165) is 16.5 Å². The summed E-state index contributed by atoms with van der Waals surface area (Å²) in [5, 5.41) is 21.4. The van der Waals surface area contributed by atoms with Crippen LogP contribution in [0, 0.1) is 0 Å². The molecular weight excluding hydrogens is 384 g/mol. The molecule has 2 aliphatic heterocycles. The largest absolute Gasteiger partial charge is 0.458 e. The quantitative estimate of drug-likeness (QED) is 0.645. The van der Waals surface area contributed by atoms with Gasteiger partial charge in [-0.1, -0.05) is 25.1 Å². The summed E-state index contributed by atoms with van der Waals surface area (Å²) in [4.78, 5) is 30.7. The third-order valence-corrected chi connectivity index (χ3v) is 6.29. The number of cyclic esters (lactones) is 1. The van der Waals surface area contributed by atoms with Crippen LogP contribution in [-0.2, 0) is 21.7 Å². The highest BCUT2D eigenvalue weighted by Crippen LogP contribution is 2.43. The Kier molecular flexibility index (Phi) is 4.27. The summed E-state index contributed by atoms with van der Waals surface area (Å²) in [6.07, 6.45) is 1.22. The van der Waals surface area contributed by atoms with Gasteiger partial charge in [0, 0.05) is 23.1 Å². The standard InChI is InChI=1S/C23H22N2O5/c1-2-23(29)16-11-19-20-14(10-13-6-3-4-7-17(13)24-20)18(8-5-9-26)25(19)21(27)15(16)12-30-22(23)28/h3-4,6-7,10-11,18,26,29H,2,5,8-9,12H2,1H3/t18?,23-/m0/s1. The fraction of sp³-hybridized carbons (Fsp3) is 0.348. The van der Waals surface area contributed by atoms with Crippen LogP contribution in [0.15, 0.2) is 41.2 Å². The summed E-state index contributed by atoms with van der Waals surface area (Å²) < 4.78 is 6.83. The minimum Gasteiger partial charge on any atom is -0.458 e. The molecule has 2 aromatic heterocycles. The maximum Gasteiger partial charge on any atom is 0.343 e. The van der Waals surface area contributed by atoms with Crippen LogP contribution >= 0.6 is 0 Å². The lowest BCUT2D eigenvalue weighted by molar-refractivity contribution is -0.172. The van der Waals surface area contributed by atoms with E-state index in [1.807, 2.05) is 30.3 Å². The van der Waals surface area contributed by atoms with Gasteiger partial charge < -0.3 is 14.9 Å². The molecule has 1 unspecified atom stereocenters. The lowest BCUT2D eigenvalue weighted by atomic mass is 9.86. The molecule has 154 valence electrons. The molecule has 30 heavy (non-hydrogen) atoms. The average Bonchev–Trinajstić information content (AvgIpc) is 3.06. The molecule has 0 saturated heterocycles. The number of ether oxygens (including phenoxy) is 1. The fourth-order valence-corrected chi connectivity index (χ4v) is 4.67. The molecule has 7 nitrogen and oxygen atoms in total. The number of esters is 1. The van der Waals surface area contributed by atoms with Gasteiger partial charge in [-0.05, 0) is 37.5 Å². The molecule has 4 heterocycles. The molecule has 3 aromatic rings. The summed E-state index contributed by atoms with van der Waals surface area (Å²) in [5.41, 5.74) is 1.46. The molecule has 0 amide bonds. The van der Waals surface area contributed by atoms with E-state index in [2.05, 4.69) is 0 Å². The highest BCUT2D eigenvalue weighted by atomic mass is 16.6. The first-order valence-corrected chi connectivity index (χ1v) is 10.2. The smallest absolute Gasteiger partial charge is 0.343 e. The minimum absolute atomic E-state index is 0.0229. The molecule has 7 heteroatoms. The molecule has 5 rings (SSSR count). The first-order valence-electron chi connectivity index (χ1n) is 10.2. The lowest BCUT2D eigenvalue weighted by Gasteiger charge is -2.32. The van der Waals surface area contributed by atoms with Gasteiger partial charge in [-0.25, -0.2) is 9.78 Å². The third kappa shape index (κ3) is 2.49. The fourth-order valence-electron chi connectivity index (χ4n) is 4.67. The molecular formula is C23H22N2O5. The number of pyridine rings is 2. The number of aliphatic hydroxyl groups excluding tert-OH is 1. The number of carbonyl (C=O) groups excluding carboxylic acids is 1. The second-order valence-corrected chi connectivity index (χ2v) is 7.89. The molecule has 2 aliphatic rings. The number of aliphatic hydroxyl groups is 2. The molecule has 1 aromatic carbocycles. The topological polar surface area (TPSA) is 102 Å². The summed E-state index contributed by atoms with van der Waals surface area (Å²) in [6.45, 7) is 1.55. The summed E-state index contributed by atoms with van der Waals surface area (Å²) in [5.74, 6) is -0.733. The van der Waals surface area contributed by atoms with Crippen molar-refractivity contribution >= 4 is 16.9 Å².